The summed E-state index contributed by atoms with van der Waals surface area (Å²) in [5, 5.41) is 6.54. The highest BCUT2D eigenvalue weighted by molar-refractivity contribution is 5.99. The van der Waals surface area contributed by atoms with Crippen molar-refractivity contribution in [2.24, 2.45) is 0 Å². The monoisotopic (exact) mass is 398 g/mol. The molecule has 26 heavy (non-hydrogen) atoms. The van der Waals surface area contributed by atoms with Crippen molar-refractivity contribution in [1.82, 2.24) is 15.2 Å². The van der Waals surface area contributed by atoms with Crippen LogP contribution in [0, 0.1) is 0 Å². The molecule has 1 saturated heterocycles. The van der Waals surface area contributed by atoms with Crippen molar-refractivity contribution in [2.45, 2.75) is 6.42 Å². The summed E-state index contributed by atoms with van der Waals surface area (Å²) in [4.78, 5) is 19.1. The van der Waals surface area contributed by atoms with Gasteiger partial charge < -0.3 is 20.3 Å². The Hall–Kier alpha value is -2.02. The Kier molecular flexibility index (Phi) is 9.19. The topological polar surface area (TPSA) is 66.5 Å². The summed E-state index contributed by atoms with van der Waals surface area (Å²) in [5.41, 5.74) is 1.36. The van der Waals surface area contributed by atoms with Gasteiger partial charge in [0.1, 0.15) is 11.6 Å². The number of hydrogen-bond acceptors (Lipinski definition) is 5. The number of aromatic nitrogens is 1. The van der Waals surface area contributed by atoms with E-state index in [0.717, 1.165) is 31.7 Å². The molecule has 6 nitrogen and oxygen atoms in total. The molecule has 2 N–H and O–H groups in total. The number of carbonyl (C=O) groups excluding carboxylic acids is 1. The van der Waals surface area contributed by atoms with Gasteiger partial charge >= 0.3 is 0 Å². The van der Waals surface area contributed by atoms with Crippen LogP contribution >= 0.6 is 24.8 Å². The van der Waals surface area contributed by atoms with E-state index in [1.54, 1.807) is 19.4 Å². The van der Waals surface area contributed by atoms with Gasteiger partial charge in [-0.1, -0.05) is 12.1 Å². The lowest BCUT2D eigenvalue weighted by atomic mass is 10.2. The number of halogens is 2. The van der Waals surface area contributed by atoms with E-state index in [2.05, 4.69) is 15.6 Å². The predicted molar refractivity (Wildman–Crippen MR) is 108 cm³/mol. The van der Waals surface area contributed by atoms with Crippen molar-refractivity contribution < 1.29 is 9.53 Å². The molecule has 0 spiro atoms. The number of anilines is 2. The lowest BCUT2D eigenvalue weighted by Crippen LogP contribution is -2.34. The number of nitrogens with zero attached hydrogens (tertiary/aromatic N) is 2. The van der Waals surface area contributed by atoms with Gasteiger partial charge in [-0.2, -0.15) is 0 Å². The fourth-order valence-corrected chi connectivity index (χ4v) is 2.77. The highest BCUT2D eigenvalue weighted by atomic mass is 35.5. The van der Waals surface area contributed by atoms with Crippen molar-refractivity contribution >= 4 is 42.2 Å². The Bertz CT molecular complexity index is 707. The van der Waals surface area contributed by atoms with Crippen molar-refractivity contribution in [1.29, 1.82) is 0 Å². The first kappa shape index (κ1) is 22.0. The van der Waals surface area contributed by atoms with E-state index in [9.17, 15) is 4.79 Å². The van der Waals surface area contributed by atoms with E-state index < -0.39 is 0 Å². The minimum atomic E-state index is 0. The minimum Gasteiger partial charge on any atom is -0.495 e. The van der Waals surface area contributed by atoms with Gasteiger partial charge in [-0.3, -0.25) is 4.79 Å². The molecule has 1 aliphatic heterocycles. The van der Waals surface area contributed by atoms with Crippen LogP contribution in [0.3, 0.4) is 0 Å². The number of pyridine rings is 1. The fraction of sp³-hybridized carbons (Fsp3) is 0.333. The van der Waals surface area contributed by atoms with E-state index in [1.807, 2.05) is 35.2 Å². The summed E-state index contributed by atoms with van der Waals surface area (Å²) in [7, 11) is 1.62. The number of amides is 1. The average Bonchev–Trinajstić information content (AvgIpc) is 2.91. The van der Waals surface area contributed by atoms with Gasteiger partial charge in [0.05, 0.1) is 18.4 Å². The molecule has 2 aromatic rings. The number of ether oxygens (including phenoxy) is 1. The number of methoxy groups -OCH3 is 1. The van der Waals surface area contributed by atoms with E-state index in [-0.39, 0.29) is 30.7 Å². The SMILES string of the molecule is COc1ccccc1Nc1ncccc1C(=O)N1CCCNCC1.Cl.Cl. The molecule has 1 aromatic carbocycles. The number of rotatable bonds is 4. The molecule has 0 saturated carbocycles. The number of hydrogen-bond donors (Lipinski definition) is 2. The maximum atomic E-state index is 12.9. The first-order valence-corrected chi connectivity index (χ1v) is 8.14. The molecule has 1 aliphatic rings. The Morgan fingerprint density at radius 2 is 1.96 bits per heavy atom. The van der Waals surface area contributed by atoms with Crippen LogP contribution in [0.15, 0.2) is 42.6 Å². The second-order valence-corrected chi connectivity index (χ2v) is 5.62. The van der Waals surface area contributed by atoms with Gasteiger partial charge in [-0.05, 0) is 37.2 Å². The molecule has 1 amide bonds. The minimum absolute atomic E-state index is 0. The van der Waals surface area contributed by atoms with Crippen LogP contribution < -0.4 is 15.4 Å². The van der Waals surface area contributed by atoms with Gasteiger partial charge in [-0.25, -0.2) is 4.98 Å². The Labute approximate surface area is 166 Å². The van der Waals surface area contributed by atoms with Crippen LogP contribution in [0.25, 0.3) is 0 Å². The van der Waals surface area contributed by atoms with E-state index in [0.29, 0.717) is 23.7 Å². The van der Waals surface area contributed by atoms with E-state index >= 15 is 0 Å². The third-order valence-corrected chi connectivity index (χ3v) is 4.03. The number of benzene rings is 1. The van der Waals surface area contributed by atoms with Crippen molar-refractivity contribution in [2.75, 3.05) is 38.6 Å². The Morgan fingerprint density at radius 1 is 1.15 bits per heavy atom. The van der Waals surface area contributed by atoms with Gasteiger partial charge in [0.15, 0.2) is 0 Å². The zero-order valence-electron chi connectivity index (χ0n) is 14.6. The highest BCUT2D eigenvalue weighted by Crippen LogP contribution is 2.28. The molecule has 0 radical (unpaired) electrons. The van der Waals surface area contributed by atoms with Crippen LogP contribution in [0.1, 0.15) is 16.8 Å². The van der Waals surface area contributed by atoms with Gasteiger partial charge in [0.2, 0.25) is 0 Å². The molecule has 0 aliphatic carbocycles. The van der Waals surface area contributed by atoms with Crippen LogP contribution in [0.4, 0.5) is 11.5 Å². The summed E-state index contributed by atoms with van der Waals surface area (Å²) in [5.74, 6) is 1.26. The molecule has 0 bridgehead atoms. The van der Waals surface area contributed by atoms with Crippen molar-refractivity contribution in [3.8, 4) is 5.75 Å². The molecule has 3 rings (SSSR count). The summed E-state index contributed by atoms with van der Waals surface area (Å²) >= 11 is 0. The predicted octanol–water partition coefficient (Wildman–Crippen LogP) is 3.11. The lowest BCUT2D eigenvalue weighted by Gasteiger charge is -2.21. The summed E-state index contributed by atoms with van der Waals surface area (Å²) in [6.45, 7) is 3.24. The lowest BCUT2D eigenvalue weighted by molar-refractivity contribution is 0.0767. The normalized spacial score (nSPS) is 13.7. The largest absolute Gasteiger partial charge is 0.495 e. The molecule has 1 aromatic heterocycles. The zero-order valence-corrected chi connectivity index (χ0v) is 16.2. The standard InChI is InChI=1S/C18H22N4O2.2ClH/c1-24-16-8-3-2-7-15(16)21-17-14(6-4-10-20-17)18(23)22-12-5-9-19-11-13-22;;/h2-4,6-8,10,19H,5,9,11-13H2,1H3,(H,20,21);2*1H. The fourth-order valence-electron chi connectivity index (χ4n) is 2.77. The van der Waals surface area contributed by atoms with Crippen LogP contribution in [-0.2, 0) is 0 Å². The first-order valence-electron chi connectivity index (χ1n) is 8.14. The molecule has 142 valence electrons. The smallest absolute Gasteiger partial charge is 0.257 e. The van der Waals surface area contributed by atoms with Crippen molar-refractivity contribution in [3.05, 3.63) is 48.2 Å². The first-order chi connectivity index (χ1) is 11.8. The van der Waals surface area contributed by atoms with Crippen LogP contribution in [-0.4, -0.2) is 49.1 Å². The van der Waals surface area contributed by atoms with Crippen molar-refractivity contribution in [3.63, 3.8) is 0 Å². The molecule has 2 heterocycles. The highest BCUT2D eigenvalue weighted by Gasteiger charge is 2.21. The summed E-state index contributed by atoms with van der Waals surface area (Å²) in [6.07, 6.45) is 2.64. The maximum absolute atomic E-state index is 12.9. The quantitative estimate of drug-likeness (QED) is 0.827. The summed E-state index contributed by atoms with van der Waals surface area (Å²) in [6, 6.07) is 11.2. The van der Waals surface area contributed by atoms with E-state index in [1.165, 1.54) is 0 Å². The van der Waals surface area contributed by atoms with Crippen LogP contribution in [0.2, 0.25) is 0 Å². The average molecular weight is 399 g/mol. The van der Waals surface area contributed by atoms with Gasteiger partial charge in [-0.15, -0.1) is 24.8 Å². The van der Waals surface area contributed by atoms with Gasteiger partial charge in [0, 0.05) is 25.8 Å². The molecule has 1 fully saturated rings. The summed E-state index contributed by atoms with van der Waals surface area (Å²) < 4.78 is 5.36. The molecular formula is C18H24Cl2N4O2. The number of para-hydroxylation sites is 2. The van der Waals surface area contributed by atoms with Gasteiger partial charge in [0.25, 0.3) is 5.91 Å². The number of carbonyl (C=O) groups is 1. The molecule has 0 unspecified atom stereocenters. The molecule has 0 atom stereocenters. The molecular weight excluding hydrogens is 375 g/mol. The maximum Gasteiger partial charge on any atom is 0.257 e. The Balaban J connectivity index is 0.00000169. The second kappa shape index (κ2) is 10.9. The Morgan fingerprint density at radius 3 is 2.77 bits per heavy atom. The number of nitrogens with one attached hydrogen (secondary N) is 2. The van der Waals surface area contributed by atoms with E-state index in [4.69, 9.17) is 4.74 Å². The third kappa shape index (κ3) is 5.24. The zero-order chi connectivity index (χ0) is 16.8. The third-order valence-electron chi connectivity index (χ3n) is 4.03. The molecule has 8 heteroatoms. The van der Waals surface area contributed by atoms with Crippen LogP contribution in [0.5, 0.6) is 5.75 Å². The second-order valence-electron chi connectivity index (χ2n) is 5.62.